The van der Waals surface area contributed by atoms with E-state index in [1.165, 1.54) is 7.11 Å². The standard InChI is InChI=1S/C18H30N2O4S2/c1-7-12(11(2)3)15(21)19-10-26-18(4)14(19)16(22)20(18)13(8-9-25-6)17(23)24-5/h11-14H,7-10H2,1-6H3/t12-,13-,14+,18?/m0/s1. The molecule has 6 nitrogen and oxygen atoms in total. The molecule has 148 valence electrons. The SMILES string of the molecule is CC[C@H](C(=O)N1CSC2(C)[C@H]1C(=O)N2[C@@H](CCSC)C(=O)OC)C(C)C. The highest BCUT2D eigenvalue weighted by Gasteiger charge is 2.67. The van der Waals surface area contributed by atoms with E-state index in [1.54, 1.807) is 33.3 Å². The maximum Gasteiger partial charge on any atom is 0.328 e. The molecule has 2 rings (SSSR count). The number of amides is 2. The fraction of sp³-hybridized carbons (Fsp3) is 0.833. The summed E-state index contributed by atoms with van der Waals surface area (Å²) in [6.45, 7) is 8.05. The van der Waals surface area contributed by atoms with Crippen LogP contribution in [-0.4, -0.2) is 69.5 Å². The molecule has 0 aromatic carbocycles. The zero-order valence-corrected chi connectivity index (χ0v) is 18.1. The summed E-state index contributed by atoms with van der Waals surface area (Å²) in [6.07, 6.45) is 3.29. The molecular weight excluding hydrogens is 372 g/mol. The van der Waals surface area contributed by atoms with Gasteiger partial charge in [0.1, 0.15) is 17.0 Å². The quantitative estimate of drug-likeness (QED) is 0.459. The molecule has 0 bridgehead atoms. The summed E-state index contributed by atoms with van der Waals surface area (Å²) in [7, 11) is 1.35. The number of β-lactam (4-membered cyclic amide) rings is 1. The fourth-order valence-corrected chi connectivity index (χ4v) is 5.88. The Labute approximate surface area is 164 Å². The lowest BCUT2D eigenvalue weighted by Crippen LogP contribution is -2.76. The molecule has 0 saturated carbocycles. The zero-order chi connectivity index (χ0) is 19.6. The molecular formula is C18H30N2O4S2. The Hall–Kier alpha value is -0.890. The number of hydrogen-bond donors (Lipinski definition) is 0. The van der Waals surface area contributed by atoms with E-state index >= 15 is 0 Å². The van der Waals surface area contributed by atoms with Gasteiger partial charge in [0, 0.05) is 5.92 Å². The minimum absolute atomic E-state index is 0.0513. The van der Waals surface area contributed by atoms with E-state index in [9.17, 15) is 14.4 Å². The largest absolute Gasteiger partial charge is 0.467 e. The van der Waals surface area contributed by atoms with Gasteiger partial charge in [0.05, 0.1) is 13.0 Å². The lowest BCUT2D eigenvalue weighted by Gasteiger charge is -2.55. The minimum atomic E-state index is -0.587. The molecule has 0 N–H and O–H groups in total. The Bertz CT molecular complexity index is 571. The van der Waals surface area contributed by atoms with Crippen molar-refractivity contribution in [3.8, 4) is 0 Å². The second kappa shape index (κ2) is 8.42. The molecule has 2 heterocycles. The maximum atomic E-state index is 13.0. The van der Waals surface area contributed by atoms with Crippen LogP contribution in [0.1, 0.15) is 40.5 Å². The van der Waals surface area contributed by atoms with Gasteiger partial charge in [-0.25, -0.2) is 4.79 Å². The first-order chi connectivity index (χ1) is 12.2. The smallest absolute Gasteiger partial charge is 0.328 e. The lowest BCUT2D eigenvalue weighted by atomic mass is 9.87. The molecule has 2 amide bonds. The summed E-state index contributed by atoms with van der Waals surface area (Å²) >= 11 is 3.20. The molecule has 0 aliphatic carbocycles. The summed E-state index contributed by atoms with van der Waals surface area (Å²) in [5.74, 6) is 0.945. The van der Waals surface area contributed by atoms with Gasteiger partial charge < -0.3 is 14.5 Å². The average Bonchev–Trinajstić information content (AvgIpc) is 2.91. The molecule has 8 heteroatoms. The van der Waals surface area contributed by atoms with Crippen LogP contribution in [0.4, 0.5) is 0 Å². The summed E-state index contributed by atoms with van der Waals surface area (Å²) < 4.78 is 4.94. The maximum absolute atomic E-state index is 13.0. The molecule has 0 spiro atoms. The van der Waals surface area contributed by atoms with Crippen molar-refractivity contribution in [1.29, 1.82) is 0 Å². The van der Waals surface area contributed by atoms with E-state index in [-0.39, 0.29) is 29.6 Å². The Kier molecular flexibility index (Phi) is 6.93. The summed E-state index contributed by atoms with van der Waals surface area (Å²) in [5.41, 5.74) is 0. The molecule has 4 atom stereocenters. The number of likely N-dealkylation sites (tertiary alicyclic amines) is 1. The highest BCUT2D eigenvalue weighted by atomic mass is 32.2. The number of methoxy groups -OCH3 is 1. The Balaban J connectivity index is 2.22. The summed E-state index contributed by atoms with van der Waals surface area (Å²) in [5, 5.41) is 0. The van der Waals surface area contributed by atoms with Gasteiger partial charge in [-0.3, -0.25) is 9.59 Å². The van der Waals surface area contributed by atoms with E-state index in [0.717, 1.165) is 12.2 Å². The molecule has 0 aromatic heterocycles. The van der Waals surface area contributed by atoms with E-state index < -0.39 is 17.0 Å². The van der Waals surface area contributed by atoms with Crippen molar-refractivity contribution in [3.05, 3.63) is 0 Å². The van der Waals surface area contributed by atoms with Gasteiger partial charge in [0.15, 0.2) is 0 Å². The Morgan fingerprint density at radius 2 is 2.08 bits per heavy atom. The Morgan fingerprint density at radius 3 is 2.58 bits per heavy atom. The third-order valence-electron chi connectivity index (χ3n) is 5.49. The molecule has 0 radical (unpaired) electrons. The van der Waals surface area contributed by atoms with Gasteiger partial charge >= 0.3 is 5.97 Å². The van der Waals surface area contributed by atoms with Gasteiger partial charge in [-0.05, 0) is 37.7 Å². The number of fused-ring (bicyclic) bond motifs is 1. The first-order valence-electron chi connectivity index (χ1n) is 9.08. The van der Waals surface area contributed by atoms with Crippen molar-refractivity contribution in [2.45, 2.75) is 57.5 Å². The molecule has 2 aliphatic rings. The van der Waals surface area contributed by atoms with Crippen LogP contribution in [0.2, 0.25) is 0 Å². The molecule has 0 aromatic rings. The number of rotatable bonds is 8. The summed E-state index contributed by atoms with van der Waals surface area (Å²) in [4.78, 5) is 41.0. The molecule has 26 heavy (non-hydrogen) atoms. The number of thioether (sulfide) groups is 2. The third kappa shape index (κ3) is 3.46. The van der Waals surface area contributed by atoms with Crippen LogP contribution in [0.5, 0.6) is 0 Å². The van der Waals surface area contributed by atoms with Crippen molar-refractivity contribution >= 4 is 41.3 Å². The van der Waals surface area contributed by atoms with Crippen molar-refractivity contribution in [2.75, 3.05) is 25.0 Å². The van der Waals surface area contributed by atoms with Crippen LogP contribution in [0, 0.1) is 11.8 Å². The third-order valence-corrected chi connectivity index (χ3v) is 7.55. The number of esters is 1. The van der Waals surface area contributed by atoms with E-state index in [4.69, 9.17) is 4.74 Å². The first kappa shape index (κ1) is 21.4. The van der Waals surface area contributed by atoms with E-state index in [1.807, 2.05) is 34.0 Å². The van der Waals surface area contributed by atoms with E-state index in [0.29, 0.717) is 12.3 Å². The predicted molar refractivity (Wildman–Crippen MR) is 106 cm³/mol. The molecule has 2 fully saturated rings. The highest BCUT2D eigenvalue weighted by Crippen LogP contribution is 2.52. The minimum Gasteiger partial charge on any atom is -0.467 e. The van der Waals surface area contributed by atoms with Gasteiger partial charge in [0.25, 0.3) is 5.91 Å². The molecule has 1 unspecified atom stereocenters. The zero-order valence-electron chi connectivity index (χ0n) is 16.5. The van der Waals surface area contributed by atoms with Gasteiger partial charge in [-0.1, -0.05) is 20.8 Å². The Morgan fingerprint density at radius 1 is 1.42 bits per heavy atom. The topological polar surface area (TPSA) is 66.9 Å². The normalized spacial score (nSPS) is 27.2. The average molecular weight is 403 g/mol. The number of carbonyl (C=O) groups excluding carboxylic acids is 3. The van der Waals surface area contributed by atoms with Crippen LogP contribution >= 0.6 is 23.5 Å². The van der Waals surface area contributed by atoms with Crippen LogP contribution in [-0.2, 0) is 19.1 Å². The van der Waals surface area contributed by atoms with Crippen LogP contribution < -0.4 is 0 Å². The first-order valence-corrected chi connectivity index (χ1v) is 11.5. The second-order valence-corrected chi connectivity index (χ2v) is 9.69. The van der Waals surface area contributed by atoms with Crippen molar-refractivity contribution in [2.24, 2.45) is 11.8 Å². The summed E-state index contributed by atoms with van der Waals surface area (Å²) in [6, 6.07) is -1.06. The number of nitrogens with zero attached hydrogens (tertiary/aromatic N) is 2. The number of carbonyl (C=O) groups is 3. The predicted octanol–water partition coefficient (Wildman–Crippen LogP) is 2.42. The monoisotopic (exact) mass is 402 g/mol. The van der Waals surface area contributed by atoms with Crippen LogP contribution in [0.25, 0.3) is 0 Å². The number of ether oxygens (including phenoxy) is 1. The van der Waals surface area contributed by atoms with E-state index in [2.05, 4.69) is 0 Å². The highest BCUT2D eigenvalue weighted by molar-refractivity contribution is 8.01. The van der Waals surface area contributed by atoms with Crippen LogP contribution in [0.15, 0.2) is 0 Å². The van der Waals surface area contributed by atoms with Gasteiger partial charge in [0.2, 0.25) is 5.91 Å². The second-order valence-electron chi connectivity index (χ2n) is 7.33. The number of hydrogen-bond acceptors (Lipinski definition) is 6. The van der Waals surface area contributed by atoms with Crippen LogP contribution in [0.3, 0.4) is 0 Å². The van der Waals surface area contributed by atoms with Gasteiger partial charge in [-0.15, -0.1) is 11.8 Å². The molecule has 2 saturated heterocycles. The fourth-order valence-electron chi connectivity index (χ4n) is 4.01. The lowest BCUT2D eigenvalue weighted by molar-refractivity contribution is -0.176. The van der Waals surface area contributed by atoms with Gasteiger partial charge in [-0.2, -0.15) is 11.8 Å². The van der Waals surface area contributed by atoms with Crippen molar-refractivity contribution in [1.82, 2.24) is 9.80 Å². The molecule has 2 aliphatic heterocycles. The van der Waals surface area contributed by atoms with Crippen molar-refractivity contribution < 1.29 is 19.1 Å². The van der Waals surface area contributed by atoms with Crippen molar-refractivity contribution in [3.63, 3.8) is 0 Å².